The van der Waals surface area contributed by atoms with Gasteiger partial charge < -0.3 is 9.33 Å². The predicted molar refractivity (Wildman–Crippen MR) is 144 cm³/mol. The van der Waals surface area contributed by atoms with E-state index in [1.165, 1.54) is 18.3 Å². The smallest absolute Gasteiger partial charge is 0.411 e. The van der Waals surface area contributed by atoms with Crippen molar-refractivity contribution >= 4 is 19.8 Å². The summed E-state index contributed by atoms with van der Waals surface area (Å²) in [7, 11) is -2.14. The third-order valence-corrected chi connectivity index (χ3v) is 12.3. The number of hydrogen-bond acceptors (Lipinski definition) is 4. The van der Waals surface area contributed by atoms with Crippen LogP contribution in [0.3, 0.4) is 0 Å². The molecule has 1 aromatic carbocycles. The Kier molecular flexibility index (Phi) is 7.17. The van der Waals surface area contributed by atoms with Gasteiger partial charge in [-0.25, -0.2) is 13.9 Å². The maximum atomic E-state index is 16.2. The van der Waals surface area contributed by atoms with Crippen molar-refractivity contribution in [2.45, 2.75) is 77.1 Å². The summed E-state index contributed by atoms with van der Waals surface area (Å²) in [4.78, 5) is 6.27. The fourth-order valence-corrected chi connectivity index (χ4v) is 5.78. The van der Waals surface area contributed by atoms with E-state index in [0.717, 1.165) is 17.7 Å². The molecular weight excluding hydrogens is 512 g/mol. The number of benzene rings is 1. The molecule has 1 aliphatic heterocycles. The Bertz CT molecular complexity index is 1400. The van der Waals surface area contributed by atoms with Crippen molar-refractivity contribution in [2.75, 3.05) is 18.0 Å². The maximum absolute atomic E-state index is 16.2. The summed E-state index contributed by atoms with van der Waals surface area (Å²) in [5.41, 5.74) is -0.199. The second-order valence-corrected chi connectivity index (χ2v) is 16.4. The van der Waals surface area contributed by atoms with Crippen LogP contribution in [0.25, 0.3) is 5.65 Å². The molecule has 38 heavy (non-hydrogen) atoms. The van der Waals surface area contributed by atoms with Crippen molar-refractivity contribution in [1.82, 2.24) is 14.6 Å². The number of aromatic nitrogens is 3. The maximum Gasteiger partial charge on any atom is 0.416 e. The molecule has 3 heterocycles. The molecule has 0 bridgehead atoms. The molecule has 3 aromatic rings. The van der Waals surface area contributed by atoms with Crippen molar-refractivity contribution in [3.63, 3.8) is 0 Å². The number of nitrogens with zero attached hydrogens (tertiary/aromatic N) is 4. The van der Waals surface area contributed by atoms with Gasteiger partial charge in [0.15, 0.2) is 25.5 Å². The molecule has 0 spiro atoms. The lowest BCUT2D eigenvalue weighted by Gasteiger charge is -2.41. The summed E-state index contributed by atoms with van der Waals surface area (Å²) < 4.78 is 63.2. The van der Waals surface area contributed by atoms with Gasteiger partial charge in [0.1, 0.15) is 5.69 Å². The van der Waals surface area contributed by atoms with E-state index in [4.69, 9.17) is 9.52 Å². The van der Waals surface area contributed by atoms with Gasteiger partial charge in [-0.3, -0.25) is 0 Å². The molecule has 1 saturated heterocycles. The van der Waals surface area contributed by atoms with E-state index >= 15 is 4.39 Å². The minimum atomic E-state index is -4.44. The van der Waals surface area contributed by atoms with Gasteiger partial charge in [0.05, 0.1) is 24.4 Å². The highest BCUT2D eigenvalue weighted by Crippen LogP contribution is 2.41. The largest absolute Gasteiger partial charge is 0.416 e. The first-order valence-electron chi connectivity index (χ1n) is 12.7. The molecule has 0 N–H and O–H groups in total. The van der Waals surface area contributed by atoms with Gasteiger partial charge >= 0.3 is 6.18 Å². The van der Waals surface area contributed by atoms with Crippen LogP contribution in [0.1, 0.15) is 56.5 Å². The lowest BCUT2D eigenvalue weighted by atomic mass is 9.99. The van der Waals surface area contributed by atoms with Gasteiger partial charge in [-0.1, -0.05) is 32.8 Å². The summed E-state index contributed by atoms with van der Waals surface area (Å²) in [6.07, 6.45) is -3.14. The molecule has 2 aromatic heterocycles. The van der Waals surface area contributed by atoms with Gasteiger partial charge in [-0.15, -0.1) is 5.10 Å². The Morgan fingerprint density at radius 3 is 2.50 bits per heavy atom. The highest BCUT2D eigenvalue weighted by molar-refractivity contribution is 6.74. The average Bonchev–Trinajstić information content (AvgIpc) is 3.39. The second kappa shape index (κ2) is 9.69. The summed E-state index contributed by atoms with van der Waals surface area (Å²) in [6.45, 7) is 15.0. The van der Waals surface area contributed by atoms with Crippen LogP contribution in [0.15, 0.2) is 36.5 Å². The van der Waals surface area contributed by atoms with Crippen LogP contribution in [-0.2, 0) is 10.6 Å². The molecule has 2 unspecified atom stereocenters. The monoisotopic (exact) mass is 546 g/mol. The van der Waals surface area contributed by atoms with Gasteiger partial charge in [0.25, 0.3) is 0 Å². The Hall–Kier alpha value is -2.90. The van der Waals surface area contributed by atoms with Gasteiger partial charge in [-0.2, -0.15) is 13.2 Å². The normalized spacial score (nSPS) is 19.5. The molecule has 0 amide bonds. The number of rotatable bonds is 4. The molecular formula is C28H34F4N4OSi. The third kappa shape index (κ3) is 5.59. The number of fused-ring (bicyclic) bond motifs is 1. The SMILES string of the molecule is Cc1cc2ncc(C#Cc3cccc(C(F)(F)F)c3)n2nc1N1CCC(F)(C(C)O[Si](C)(C)C(C)(C)C)C1. The van der Waals surface area contributed by atoms with E-state index in [2.05, 4.69) is 50.7 Å². The lowest BCUT2D eigenvalue weighted by Crippen LogP contribution is -2.50. The zero-order chi connectivity index (χ0) is 28.1. The van der Waals surface area contributed by atoms with Crippen LogP contribution in [0, 0.1) is 18.8 Å². The Balaban J connectivity index is 1.59. The zero-order valence-corrected chi connectivity index (χ0v) is 23.9. The number of hydrogen-bond donors (Lipinski definition) is 0. The molecule has 10 heteroatoms. The van der Waals surface area contributed by atoms with Crippen molar-refractivity contribution in [1.29, 1.82) is 0 Å². The van der Waals surface area contributed by atoms with E-state index in [1.54, 1.807) is 4.52 Å². The molecule has 1 aliphatic rings. The summed E-state index contributed by atoms with van der Waals surface area (Å²) in [6, 6.07) is 6.72. The molecule has 5 nitrogen and oxygen atoms in total. The molecule has 4 rings (SSSR count). The van der Waals surface area contributed by atoms with Crippen LogP contribution < -0.4 is 4.90 Å². The topological polar surface area (TPSA) is 42.7 Å². The summed E-state index contributed by atoms with van der Waals surface area (Å²) >= 11 is 0. The number of aryl methyl sites for hydroxylation is 1. The Labute approximate surface area is 222 Å². The van der Waals surface area contributed by atoms with Crippen LogP contribution in [0.4, 0.5) is 23.4 Å². The van der Waals surface area contributed by atoms with Crippen molar-refractivity contribution < 1.29 is 22.0 Å². The molecule has 2 atom stereocenters. The zero-order valence-electron chi connectivity index (χ0n) is 22.9. The Morgan fingerprint density at radius 2 is 1.84 bits per heavy atom. The van der Waals surface area contributed by atoms with Gasteiger partial charge in [0.2, 0.25) is 0 Å². The third-order valence-electron chi connectivity index (χ3n) is 7.74. The molecule has 1 fully saturated rings. The summed E-state index contributed by atoms with van der Waals surface area (Å²) in [5.74, 6) is 6.29. The number of imidazole rings is 1. The Morgan fingerprint density at radius 1 is 1.13 bits per heavy atom. The lowest BCUT2D eigenvalue weighted by molar-refractivity contribution is -0.137. The fraction of sp³-hybridized carbons (Fsp3) is 0.500. The fourth-order valence-electron chi connectivity index (χ4n) is 4.34. The predicted octanol–water partition coefficient (Wildman–Crippen LogP) is 6.79. The number of anilines is 1. The molecule has 0 radical (unpaired) electrons. The minimum Gasteiger partial charge on any atom is -0.411 e. The van der Waals surface area contributed by atoms with E-state index in [-0.39, 0.29) is 17.1 Å². The van der Waals surface area contributed by atoms with Gasteiger partial charge in [-0.05, 0) is 67.7 Å². The quantitative estimate of drug-likeness (QED) is 0.205. The highest BCUT2D eigenvalue weighted by Gasteiger charge is 2.48. The number of alkyl halides is 4. The first-order valence-corrected chi connectivity index (χ1v) is 15.6. The van der Waals surface area contributed by atoms with Crippen molar-refractivity contribution in [3.05, 3.63) is 58.9 Å². The highest BCUT2D eigenvalue weighted by atomic mass is 28.4. The van der Waals surface area contributed by atoms with E-state index in [9.17, 15) is 13.2 Å². The molecule has 0 aliphatic carbocycles. The van der Waals surface area contributed by atoms with Crippen molar-refractivity contribution in [3.8, 4) is 11.8 Å². The van der Waals surface area contributed by atoms with E-state index in [1.807, 2.05) is 24.8 Å². The average molecular weight is 547 g/mol. The molecule has 0 saturated carbocycles. The minimum absolute atomic E-state index is 0.0218. The van der Waals surface area contributed by atoms with E-state index in [0.29, 0.717) is 30.1 Å². The standard InChI is InChI=1S/C28H34F4N4OSi/c1-19-15-24-33-17-23(12-11-21-9-8-10-22(16-21)28(30,31)32)36(24)34-25(19)35-14-13-27(29,18-35)20(2)37-38(6,7)26(3,4)5/h8-10,15-17,20H,13-14,18H2,1-7H3. The molecule has 204 valence electrons. The number of halogens is 4. The van der Waals surface area contributed by atoms with Gasteiger partial charge in [0, 0.05) is 18.5 Å². The van der Waals surface area contributed by atoms with Crippen LogP contribution in [0.5, 0.6) is 0 Å². The first-order chi connectivity index (χ1) is 17.5. The van der Waals surface area contributed by atoms with Crippen LogP contribution in [-0.4, -0.2) is 47.8 Å². The first kappa shape index (κ1) is 28.1. The summed E-state index contributed by atoms with van der Waals surface area (Å²) in [5, 5.41) is 4.70. The van der Waals surface area contributed by atoms with Crippen LogP contribution >= 0.6 is 0 Å². The van der Waals surface area contributed by atoms with Crippen LogP contribution in [0.2, 0.25) is 18.1 Å². The van der Waals surface area contributed by atoms with Crippen molar-refractivity contribution in [2.24, 2.45) is 0 Å². The van der Waals surface area contributed by atoms with E-state index < -0.39 is 31.8 Å². The second-order valence-electron chi connectivity index (χ2n) is 11.6.